The van der Waals surface area contributed by atoms with Crippen LogP contribution in [0, 0.1) is 11.8 Å². The Balaban J connectivity index is 1.61. The number of hydrogen-bond acceptors (Lipinski definition) is 3. The quantitative estimate of drug-likeness (QED) is 0.798. The van der Waals surface area contributed by atoms with Crippen molar-refractivity contribution in [3.05, 3.63) is 0 Å². The lowest BCUT2D eigenvalue weighted by atomic mass is 9.89. The normalized spacial score (nSPS) is 23.9. The zero-order valence-corrected chi connectivity index (χ0v) is 13.4. The molecule has 1 aliphatic heterocycles. The van der Waals surface area contributed by atoms with Gasteiger partial charge in [-0.1, -0.05) is 19.3 Å². The zero-order valence-electron chi connectivity index (χ0n) is 13.4. The Hall–Kier alpha value is -1.10. The van der Waals surface area contributed by atoms with Crippen molar-refractivity contribution in [3.63, 3.8) is 0 Å². The minimum Gasteiger partial charge on any atom is -0.355 e. The fraction of sp³-hybridized carbons (Fsp3) is 0.875. The van der Waals surface area contributed by atoms with E-state index in [2.05, 4.69) is 5.32 Å². The minimum absolute atomic E-state index is 0.112. The molecule has 0 bridgehead atoms. The number of likely N-dealkylation sites (N-methyl/N-ethyl adjacent to an activating group) is 1. The van der Waals surface area contributed by atoms with Crippen LogP contribution in [0.1, 0.15) is 38.5 Å². The molecule has 0 radical (unpaired) electrons. The summed E-state index contributed by atoms with van der Waals surface area (Å²) >= 11 is 0. The van der Waals surface area contributed by atoms with Gasteiger partial charge in [0, 0.05) is 33.1 Å². The van der Waals surface area contributed by atoms with E-state index in [-0.39, 0.29) is 11.8 Å². The summed E-state index contributed by atoms with van der Waals surface area (Å²) < 4.78 is 0. The van der Waals surface area contributed by atoms with Gasteiger partial charge < -0.3 is 10.2 Å². The molecule has 1 saturated heterocycles. The minimum atomic E-state index is 0.112. The lowest BCUT2D eigenvalue weighted by Crippen LogP contribution is -2.39. The van der Waals surface area contributed by atoms with Crippen LogP contribution in [-0.2, 0) is 9.59 Å². The van der Waals surface area contributed by atoms with Crippen molar-refractivity contribution in [2.45, 2.75) is 38.5 Å². The monoisotopic (exact) mass is 295 g/mol. The van der Waals surface area contributed by atoms with Crippen LogP contribution in [0.2, 0.25) is 0 Å². The van der Waals surface area contributed by atoms with Crippen LogP contribution in [0.25, 0.3) is 0 Å². The number of hydrogen-bond donors (Lipinski definition) is 1. The summed E-state index contributed by atoms with van der Waals surface area (Å²) in [5, 5.41) is 3.07. The van der Waals surface area contributed by atoms with Gasteiger partial charge in [0.15, 0.2) is 0 Å². The van der Waals surface area contributed by atoms with Crippen molar-refractivity contribution >= 4 is 11.8 Å². The Labute approximate surface area is 128 Å². The van der Waals surface area contributed by atoms with Gasteiger partial charge in [0.25, 0.3) is 0 Å². The highest BCUT2D eigenvalue weighted by molar-refractivity contribution is 5.79. The van der Waals surface area contributed by atoms with Gasteiger partial charge in [-0.2, -0.15) is 0 Å². The van der Waals surface area contributed by atoms with Crippen LogP contribution in [0.15, 0.2) is 0 Å². The first-order valence-electron chi connectivity index (χ1n) is 8.24. The van der Waals surface area contributed by atoms with Gasteiger partial charge in [-0.05, 0) is 31.7 Å². The second-order valence-corrected chi connectivity index (χ2v) is 6.85. The van der Waals surface area contributed by atoms with Crippen molar-refractivity contribution < 1.29 is 9.59 Å². The average Bonchev–Trinajstić information content (AvgIpc) is 2.76. The maximum absolute atomic E-state index is 12.0. The number of rotatable bonds is 6. The molecule has 1 atom stereocenters. The largest absolute Gasteiger partial charge is 0.355 e. The molecule has 1 N–H and O–H groups in total. The van der Waals surface area contributed by atoms with Crippen LogP contribution in [0.5, 0.6) is 0 Å². The Bertz CT molecular complexity index is 367. The number of nitrogens with zero attached hydrogens (tertiary/aromatic N) is 2. The summed E-state index contributed by atoms with van der Waals surface area (Å²) in [5.41, 5.74) is 0. The second kappa shape index (κ2) is 7.78. The molecule has 21 heavy (non-hydrogen) atoms. The maximum atomic E-state index is 12.0. The van der Waals surface area contributed by atoms with Crippen LogP contribution < -0.4 is 5.32 Å². The summed E-state index contributed by atoms with van der Waals surface area (Å²) in [6.07, 6.45) is 7.10. The van der Waals surface area contributed by atoms with Crippen LogP contribution in [0.4, 0.5) is 0 Å². The molecule has 5 nitrogen and oxygen atoms in total. The third kappa shape index (κ3) is 5.30. The Morgan fingerprint density at radius 1 is 1.29 bits per heavy atom. The third-order valence-corrected chi connectivity index (χ3v) is 4.72. The topological polar surface area (TPSA) is 52.7 Å². The molecule has 2 aliphatic rings. The molecule has 0 unspecified atom stereocenters. The van der Waals surface area contributed by atoms with Crippen molar-refractivity contribution in [3.8, 4) is 0 Å². The van der Waals surface area contributed by atoms with Gasteiger partial charge in [0.2, 0.25) is 11.8 Å². The first-order valence-corrected chi connectivity index (χ1v) is 8.24. The third-order valence-electron chi connectivity index (χ3n) is 4.72. The molecule has 1 heterocycles. The standard InChI is InChI=1S/C16H29N3O2/c1-18(10-14-8-16(21)19(2)11-14)12-15(20)17-9-13-6-4-3-5-7-13/h13-14H,3-12H2,1-2H3,(H,17,20)/t14-/m0/s1. The predicted molar refractivity (Wildman–Crippen MR) is 82.8 cm³/mol. The lowest BCUT2D eigenvalue weighted by molar-refractivity contribution is -0.126. The summed E-state index contributed by atoms with van der Waals surface area (Å²) in [4.78, 5) is 27.3. The molecule has 0 aromatic carbocycles. The summed E-state index contributed by atoms with van der Waals surface area (Å²) in [5.74, 6) is 1.36. The molecule has 5 heteroatoms. The molecule has 0 aromatic heterocycles. The molecule has 0 aromatic rings. The highest BCUT2D eigenvalue weighted by atomic mass is 16.2. The van der Waals surface area contributed by atoms with Crippen LogP contribution in [-0.4, -0.2) is 61.9 Å². The smallest absolute Gasteiger partial charge is 0.234 e. The number of carbonyl (C=O) groups is 2. The molecular weight excluding hydrogens is 266 g/mol. The summed E-state index contributed by atoms with van der Waals surface area (Å²) in [6.45, 7) is 2.89. The fourth-order valence-corrected chi connectivity index (χ4v) is 3.53. The van der Waals surface area contributed by atoms with Gasteiger partial charge >= 0.3 is 0 Å². The van der Waals surface area contributed by atoms with E-state index in [1.165, 1.54) is 32.1 Å². The van der Waals surface area contributed by atoms with E-state index in [9.17, 15) is 9.59 Å². The summed E-state index contributed by atoms with van der Waals surface area (Å²) in [6, 6.07) is 0. The molecule has 2 fully saturated rings. The van der Waals surface area contributed by atoms with E-state index >= 15 is 0 Å². The van der Waals surface area contributed by atoms with E-state index in [4.69, 9.17) is 0 Å². The Morgan fingerprint density at radius 3 is 2.62 bits per heavy atom. The predicted octanol–water partition coefficient (Wildman–Crippen LogP) is 1.09. The molecule has 1 saturated carbocycles. The van der Waals surface area contributed by atoms with Gasteiger partial charge in [-0.25, -0.2) is 0 Å². The van der Waals surface area contributed by atoms with Crippen LogP contribution in [0.3, 0.4) is 0 Å². The molecule has 0 spiro atoms. The Kier molecular flexibility index (Phi) is 6.03. The first-order chi connectivity index (χ1) is 10.0. The van der Waals surface area contributed by atoms with Gasteiger partial charge in [0.05, 0.1) is 6.54 Å². The van der Waals surface area contributed by atoms with Crippen molar-refractivity contribution in [2.24, 2.45) is 11.8 Å². The van der Waals surface area contributed by atoms with E-state index < -0.39 is 0 Å². The fourth-order valence-electron chi connectivity index (χ4n) is 3.53. The van der Waals surface area contributed by atoms with E-state index in [1.807, 2.05) is 19.0 Å². The van der Waals surface area contributed by atoms with Crippen molar-refractivity contribution in [2.75, 3.05) is 40.3 Å². The summed E-state index contributed by atoms with van der Waals surface area (Å²) in [7, 11) is 3.81. The molecular formula is C16H29N3O2. The van der Waals surface area contributed by atoms with Crippen LogP contribution >= 0.6 is 0 Å². The number of nitrogens with one attached hydrogen (secondary N) is 1. The maximum Gasteiger partial charge on any atom is 0.234 e. The van der Waals surface area contributed by atoms with Gasteiger partial charge in [-0.3, -0.25) is 14.5 Å². The molecule has 2 rings (SSSR count). The average molecular weight is 295 g/mol. The highest BCUT2D eigenvalue weighted by Crippen LogP contribution is 2.22. The highest BCUT2D eigenvalue weighted by Gasteiger charge is 2.27. The van der Waals surface area contributed by atoms with E-state index in [0.717, 1.165) is 19.6 Å². The van der Waals surface area contributed by atoms with Crippen molar-refractivity contribution in [1.29, 1.82) is 0 Å². The lowest BCUT2D eigenvalue weighted by Gasteiger charge is -2.23. The van der Waals surface area contributed by atoms with Crippen molar-refractivity contribution in [1.82, 2.24) is 15.1 Å². The number of carbonyl (C=O) groups excluding carboxylic acids is 2. The molecule has 2 amide bonds. The van der Waals surface area contributed by atoms with Gasteiger partial charge in [-0.15, -0.1) is 0 Å². The first kappa shape index (κ1) is 16.3. The number of amides is 2. The zero-order chi connectivity index (χ0) is 15.2. The van der Waals surface area contributed by atoms with Gasteiger partial charge in [0.1, 0.15) is 0 Å². The SMILES string of the molecule is CN(CC(=O)NCC1CCCCC1)C[C@@H]1CC(=O)N(C)C1. The molecule has 120 valence electrons. The second-order valence-electron chi connectivity index (χ2n) is 6.85. The Morgan fingerprint density at radius 2 is 2.00 bits per heavy atom. The van der Waals surface area contributed by atoms with E-state index in [0.29, 0.717) is 24.8 Å². The molecule has 1 aliphatic carbocycles. The van der Waals surface area contributed by atoms with E-state index in [1.54, 1.807) is 4.90 Å². The number of likely N-dealkylation sites (tertiary alicyclic amines) is 1.